The van der Waals surface area contributed by atoms with E-state index in [4.69, 9.17) is 4.74 Å². The molecule has 0 atom stereocenters. The summed E-state index contributed by atoms with van der Waals surface area (Å²) < 4.78 is 5.26. The third-order valence-corrected chi connectivity index (χ3v) is 1.95. The molecule has 0 bridgehead atoms. The number of H-pyrrole nitrogens is 1. The van der Waals surface area contributed by atoms with E-state index in [0.29, 0.717) is 0 Å². The van der Waals surface area contributed by atoms with Gasteiger partial charge in [0, 0.05) is 26.0 Å². The van der Waals surface area contributed by atoms with Gasteiger partial charge in [-0.05, 0) is 13.8 Å². The number of hydrogen-bond donors (Lipinski definition) is 2. The van der Waals surface area contributed by atoms with Crippen molar-refractivity contribution in [3.05, 3.63) is 18.2 Å². The van der Waals surface area contributed by atoms with Crippen LogP contribution in [0.5, 0.6) is 0 Å². The Morgan fingerprint density at radius 3 is 2.92 bits per heavy atom. The molecule has 0 aromatic carbocycles. The van der Waals surface area contributed by atoms with Gasteiger partial charge in [0.15, 0.2) is 0 Å². The Kier molecular flexibility index (Phi) is 3.45. The summed E-state index contributed by atoms with van der Waals surface area (Å²) in [5.74, 6) is 0.951. The summed E-state index contributed by atoms with van der Waals surface area (Å²) in [6.07, 6.45) is 3.57. The fourth-order valence-electron chi connectivity index (χ4n) is 0.949. The second kappa shape index (κ2) is 4.39. The summed E-state index contributed by atoms with van der Waals surface area (Å²) in [4.78, 5) is 7.13. The van der Waals surface area contributed by atoms with Crippen LogP contribution in [0.4, 0.5) is 0 Å². The van der Waals surface area contributed by atoms with Gasteiger partial charge in [0.05, 0.1) is 12.1 Å². The molecule has 4 nitrogen and oxygen atoms in total. The standard InChI is InChI=1S/C9H17N3O/c1-9(2,13-3)7-10-6-8-11-4-5-12-8/h4-5,10H,6-7H2,1-3H3,(H,11,12). The van der Waals surface area contributed by atoms with E-state index >= 15 is 0 Å². The van der Waals surface area contributed by atoms with Crippen LogP contribution in [0.3, 0.4) is 0 Å². The second-order valence-electron chi connectivity index (χ2n) is 3.60. The molecule has 1 heterocycles. The van der Waals surface area contributed by atoms with Gasteiger partial charge < -0.3 is 15.0 Å². The zero-order chi connectivity index (χ0) is 9.73. The number of aromatic nitrogens is 2. The van der Waals surface area contributed by atoms with Crippen molar-refractivity contribution in [3.8, 4) is 0 Å². The van der Waals surface area contributed by atoms with Crippen LogP contribution >= 0.6 is 0 Å². The Morgan fingerprint density at radius 1 is 1.62 bits per heavy atom. The molecule has 13 heavy (non-hydrogen) atoms. The third-order valence-electron chi connectivity index (χ3n) is 1.95. The number of ether oxygens (including phenoxy) is 1. The highest BCUT2D eigenvalue weighted by atomic mass is 16.5. The zero-order valence-electron chi connectivity index (χ0n) is 8.42. The van der Waals surface area contributed by atoms with Gasteiger partial charge in [-0.3, -0.25) is 0 Å². The second-order valence-corrected chi connectivity index (χ2v) is 3.60. The van der Waals surface area contributed by atoms with Crippen molar-refractivity contribution in [3.63, 3.8) is 0 Å². The summed E-state index contributed by atoms with van der Waals surface area (Å²) in [7, 11) is 1.72. The normalized spacial score (nSPS) is 11.9. The van der Waals surface area contributed by atoms with E-state index in [1.165, 1.54) is 0 Å². The van der Waals surface area contributed by atoms with E-state index < -0.39 is 0 Å². The minimum atomic E-state index is -0.118. The number of aromatic amines is 1. The Morgan fingerprint density at radius 2 is 2.38 bits per heavy atom. The summed E-state index contributed by atoms with van der Waals surface area (Å²) in [5.41, 5.74) is -0.118. The lowest BCUT2D eigenvalue weighted by Gasteiger charge is -2.22. The van der Waals surface area contributed by atoms with Gasteiger partial charge in [-0.25, -0.2) is 4.98 Å². The van der Waals surface area contributed by atoms with Crippen LogP contribution in [-0.4, -0.2) is 29.2 Å². The molecule has 0 spiro atoms. The third kappa shape index (κ3) is 3.57. The average molecular weight is 183 g/mol. The molecule has 1 aromatic heterocycles. The fourth-order valence-corrected chi connectivity index (χ4v) is 0.949. The highest BCUT2D eigenvalue weighted by Gasteiger charge is 2.14. The van der Waals surface area contributed by atoms with E-state index in [9.17, 15) is 0 Å². The number of imidazole rings is 1. The molecule has 0 radical (unpaired) electrons. The van der Waals surface area contributed by atoms with Crippen LogP contribution in [0.25, 0.3) is 0 Å². The molecule has 4 heteroatoms. The average Bonchev–Trinajstić information content (AvgIpc) is 2.57. The summed E-state index contributed by atoms with van der Waals surface area (Å²) in [6.45, 7) is 5.65. The van der Waals surface area contributed by atoms with Gasteiger partial charge in [-0.15, -0.1) is 0 Å². The van der Waals surface area contributed by atoms with Crippen molar-refractivity contribution in [1.29, 1.82) is 0 Å². The van der Waals surface area contributed by atoms with E-state index in [1.807, 2.05) is 20.0 Å². The van der Waals surface area contributed by atoms with Crippen LogP contribution in [0.1, 0.15) is 19.7 Å². The lowest BCUT2D eigenvalue weighted by molar-refractivity contribution is 0.0229. The summed E-state index contributed by atoms with van der Waals surface area (Å²) in [5, 5.41) is 3.26. The predicted molar refractivity (Wildman–Crippen MR) is 51.4 cm³/mol. The molecule has 1 aromatic rings. The topological polar surface area (TPSA) is 49.9 Å². The maximum atomic E-state index is 5.26. The summed E-state index contributed by atoms with van der Waals surface area (Å²) >= 11 is 0. The molecule has 0 saturated carbocycles. The highest BCUT2D eigenvalue weighted by molar-refractivity contribution is 4.86. The van der Waals surface area contributed by atoms with Crippen molar-refractivity contribution in [2.75, 3.05) is 13.7 Å². The maximum absolute atomic E-state index is 5.26. The molecule has 0 aliphatic heterocycles. The van der Waals surface area contributed by atoms with Gasteiger partial charge in [-0.1, -0.05) is 0 Å². The van der Waals surface area contributed by atoms with Crippen LogP contribution < -0.4 is 5.32 Å². The number of methoxy groups -OCH3 is 1. The largest absolute Gasteiger partial charge is 0.377 e. The van der Waals surface area contributed by atoms with Crippen LogP contribution in [0.2, 0.25) is 0 Å². The number of nitrogens with one attached hydrogen (secondary N) is 2. The first-order chi connectivity index (χ1) is 6.14. The molecule has 1 rings (SSSR count). The lowest BCUT2D eigenvalue weighted by Crippen LogP contribution is -2.36. The van der Waals surface area contributed by atoms with Crippen LogP contribution in [0.15, 0.2) is 12.4 Å². The van der Waals surface area contributed by atoms with Gasteiger partial charge in [0.2, 0.25) is 0 Å². The highest BCUT2D eigenvalue weighted by Crippen LogP contribution is 2.04. The summed E-state index contributed by atoms with van der Waals surface area (Å²) in [6, 6.07) is 0. The van der Waals surface area contributed by atoms with Crippen molar-refractivity contribution in [2.45, 2.75) is 26.0 Å². The molecule has 0 aliphatic rings. The smallest absolute Gasteiger partial charge is 0.120 e. The monoisotopic (exact) mass is 183 g/mol. The van der Waals surface area contributed by atoms with Crippen molar-refractivity contribution in [1.82, 2.24) is 15.3 Å². The van der Waals surface area contributed by atoms with Gasteiger partial charge in [0.25, 0.3) is 0 Å². The molecule has 0 unspecified atom stereocenters. The SMILES string of the molecule is COC(C)(C)CNCc1ncc[nH]1. The number of hydrogen-bond acceptors (Lipinski definition) is 3. The maximum Gasteiger partial charge on any atom is 0.120 e. The van der Waals surface area contributed by atoms with Gasteiger partial charge in [0.1, 0.15) is 5.82 Å². The number of rotatable bonds is 5. The van der Waals surface area contributed by atoms with Crippen molar-refractivity contribution >= 4 is 0 Å². The Balaban J connectivity index is 2.21. The van der Waals surface area contributed by atoms with Crippen molar-refractivity contribution in [2.24, 2.45) is 0 Å². The minimum Gasteiger partial charge on any atom is -0.377 e. The Hall–Kier alpha value is -0.870. The molecule has 0 aliphatic carbocycles. The lowest BCUT2D eigenvalue weighted by atomic mass is 10.1. The van der Waals surface area contributed by atoms with E-state index in [1.54, 1.807) is 13.3 Å². The quantitative estimate of drug-likeness (QED) is 0.713. The molecule has 0 amide bonds. The molecule has 0 saturated heterocycles. The fraction of sp³-hybridized carbons (Fsp3) is 0.667. The van der Waals surface area contributed by atoms with Crippen LogP contribution in [0, 0.1) is 0 Å². The Bertz CT molecular complexity index is 231. The van der Waals surface area contributed by atoms with E-state index in [-0.39, 0.29) is 5.60 Å². The molecule has 74 valence electrons. The molecular formula is C9H17N3O. The molecule has 0 fully saturated rings. The zero-order valence-corrected chi connectivity index (χ0v) is 8.42. The predicted octanol–water partition coefficient (Wildman–Crippen LogP) is 0.924. The first kappa shape index (κ1) is 10.2. The first-order valence-corrected chi connectivity index (χ1v) is 4.38. The Labute approximate surface area is 78.7 Å². The minimum absolute atomic E-state index is 0.118. The van der Waals surface area contributed by atoms with Crippen LogP contribution in [-0.2, 0) is 11.3 Å². The van der Waals surface area contributed by atoms with Crippen molar-refractivity contribution < 1.29 is 4.74 Å². The van der Waals surface area contributed by atoms with E-state index in [0.717, 1.165) is 18.9 Å². The first-order valence-electron chi connectivity index (χ1n) is 4.38. The molecular weight excluding hydrogens is 166 g/mol. The van der Waals surface area contributed by atoms with Gasteiger partial charge in [-0.2, -0.15) is 0 Å². The van der Waals surface area contributed by atoms with Gasteiger partial charge >= 0.3 is 0 Å². The number of nitrogens with zero attached hydrogens (tertiary/aromatic N) is 1. The van der Waals surface area contributed by atoms with E-state index in [2.05, 4.69) is 15.3 Å². The molecule has 2 N–H and O–H groups in total.